The minimum Gasteiger partial charge on any atom is -0.396 e. The van der Waals surface area contributed by atoms with Crippen LogP contribution in [0, 0.1) is 11.2 Å². The van der Waals surface area contributed by atoms with Crippen LogP contribution in [0.4, 0.5) is 4.39 Å². The van der Waals surface area contributed by atoms with Crippen LogP contribution in [0.5, 0.6) is 0 Å². The van der Waals surface area contributed by atoms with Gasteiger partial charge < -0.3 is 10.4 Å². The summed E-state index contributed by atoms with van der Waals surface area (Å²) < 4.78 is 13.1. The first-order valence-corrected chi connectivity index (χ1v) is 6.24. The lowest BCUT2D eigenvalue weighted by molar-refractivity contribution is 0.00781. The Morgan fingerprint density at radius 1 is 1.53 bits per heavy atom. The first kappa shape index (κ1) is 12.8. The summed E-state index contributed by atoms with van der Waals surface area (Å²) in [4.78, 5) is 0. The maximum absolute atomic E-state index is 13.1. The summed E-state index contributed by atoms with van der Waals surface area (Å²) >= 11 is 5.80. The molecule has 1 unspecified atom stereocenters. The van der Waals surface area contributed by atoms with Crippen molar-refractivity contribution in [2.75, 3.05) is 13.7 Å². The van der Waals surface area contributed by atoms with E-state index in [1.807, 2.05) is 7.05 Å². The molecule has 17 heavy (non-hydrogen) atoms. The smallest absolute Gasteiger partial charge is 0.141 e. The van der Waals surface area contributed by atoms with Gasteiger partial charge in [0.2, 0.25) is 0 Å². The Labute approximate surface area is 106 Å². The molecule has 1 aromatic carbocycles. The molecule has 1 atom stereocenters. The molecule has 0 aromatic heterocycles. The average Bonchev–Trinajstić information content (AvgIpc) is 2.27. The Balaban J connectivity index is 2.31. The average molecular weight is 258 g/mol. The van der Waals surface area contributed by atoms with E-state index in [0.717, 1.165) is 24.8 Å². The molecule has 0 aliphatic heterocycles. The van der Waals surface area contributed by atoms with Gasteiger partial charge in [0.1, 0.15) is 5.82 Å². The first-order chi connectivity index (χ1) is 8.13. The Morgan fingerprint density at radius 3 is 2.65 bits per heavy atom. The second-order valence-corrected chi connectivity index (χ2v) is 5.18. The zero-order valence-corrected chi connectivity index (χ0v) is 10.6. The highest BCUT2D eigenvalue weighted by Gasteiger charge is 2.43. The topological polar surface area (TPSA) is 32.3 Å². The van der Waals surface area contributed by atoms with Gasteiger partial charge in [0.25, 0.3) is 0 Å². The predicted molar refractivity (Wildman–Crippen MR) is 66.6 cm³/mol. The lowest BCUT2D eigenvalue weighted by Crippen LogP contribution is -2.44. The normalized spacial score (nSPS) is 19.8. The number of nitrogens with one attached hydrogen (secondary N) is 1. The quantitative estimate of drug-likeness (QED) is 0.869. The van der Waals surface area contributed by atoms with E-state index >= 15 is 0 Å². The van der Waals surface area contributed by atoms with E-state index in [4.69, 9.17) is 11.6 Å². The predicted octanol–water partition coefficient (Wildman–Crippen LogP) is 2.90. The van der Waals surface area contributed by atoms with E-state index in [0.29, 0.717) is 0 Å². The number of aliphatic hydroxyl groups excluding tert-OH is 1. The van der Waals surface area contributed by atoms with Crippen LogP contribution in [0.1, 0.15) is 30.9 Å². The molecular formula is C13H17ClFNO. The standard InChI is InChI=1S/C13H17ClFNO/c1-16-12(13(8-17)5-2-6-13)9-3-4-11(15)10(14)7-9/h3-4,7,12,16-17H,2,5-6,8H2,1H3. The van der Waals surface area contributed by atoms with Crippen LogP contribution >= 0.6 is 11.6 Å². The Morgan fingerprint density at radius 2 is 2.24 bits per heavy atom. The van der Waals surface area contributed by atoms with Gasteiger partial charge in [0, 0.05) is 11.5 Å². The fraction of sp³-hybridized carbons (Fsp3) is 0.538. The molecule has 4 heteroatoms. The highest BCUT2D eigenvalue weighted by molar-refractivity contribution is 6.30. The Bertz CT molecular complexity index is 401. The second-order valence-electron chi connectivity index (χ2n) is 4.77. The van der Waals surface area contributed by atoms with Crippen molar-refractivity contribution in [2.45, 2.75) is 25.3 Å². The maximum atomic E-state index is 13.1. The van der Waals surface area contributed by atoms with E-state index in [-0.39, 0.29) is 23.1 Å². The van der Waals surface area contributed by atoms with Gasteiger partial charge in [0.05, 0.1) is 11.6 Å². The Kier molecular flexibility index (Phi) is 3.71. The van der Waals surface area contributed by atoms with Gasteiger partial charge in [-0.05, 0) is 37.6 Å². The van der Waals surface area contributed by atoms with Crippen molar-refractivity contribution in [1.29, 1.82) is 0 Å². The summed E-state index contributed by atoms with van der Waals surface area (Å²) in [6.45, 7) is 0.146. The van der Waals surface area contributed by atoms with Crippen molar-refractivity contribution in [3.8, 4) is 0 Å². The van der Waals surface area contributed by atoms with Gasteiger partial charge in [-0.25, -0.2) is 4.39 Å². The summed E-state index contributed by atoms with van der Waals surface area (Å²) in [5.41, 5.74) is 0.822. The lowest BCUT2D eigenvalue weighted by Gasteiger charge is -2.46. The molecule has 0 radical (unpaired) electrons. The summed E-state index contributed by atoms with van der Waals surface area (Å²) in [5, 5.41) is 12.9. The van der Waals surface area contributed by atoms with Crippen LogP contribution in [-0.4, -0.2) is 18.8 Å². The van der Waals surface area contributed by atoms with Crippen molar-refractivity contribution >= 4 is 11.6 Å². The van der Waals surface area contributed by atoms with E-state index in [1.54, 1.807) is 12.1 Å². The van der Waals surface area contributed by atoms with E-state index in [9.17, 15) is 9.50 Å². The SMILES string of the molecule is CNC(c1ccc(F)c(Cl)c1)C1(CO)CCC1. The third-order valence-electron chi connectivity index (χ3n) is 3.84. The van der Waals surface area contributed by atoms with Gasteiger partial charge in [-0.2, -0.15) is 0 Å². The highest BCUT2D eigenvalue weighted by atomic mass is 35.5. The fourth-order valence-electron chi connectivity index (χ4n) is 2.69. The number of benzene rings is 1. The molecule has 0 saturated heterocycles. The summed E-state index contributed by atoms with van der Waals surface area (Å²) in [6.07, 6.45) is 3.11. The van der Waals surface area contributed by atoms with Crippen molar-refractivity contribution in [2.24, 2.45) is 5.41 Å². The van der Waals surface area contributed by atoms with Crippen molar-refractivity contribution in [3.05, 3.63) is 34.6 Å². The summed E-state index contributed by atoms with van der Waals surface area (Å²) in [6, 6.07) is 4.79. The number of hydrogen-bond acceptors (Lipinski definition) is 2. The minimum absolute atomic E-state index is 0.0272. The molecule has 1 aliphatic carbocycles. The van der Waals surface area contributed by atoms with Crippen LogP contribution in [0.2, 0.25) is 5.02 Å². The minimum atomic E-state index is -0.406. The highest BCUT2D eigenvalue weighted by Crippen LogP contribution is 2.49. The number of rotatable bonds is 4. The largest absolute Gasteiger partial charge is 0.396 e. The van der Waals surface area contributed by atoms with Gasteiger partial charge in [-0.3, -0.25) is 0 Å². The molecule has 0 bridgehead atoms. The molecule has 0 heterocycles. The molecule has 94 valence electrons. The van der Waals surface area contributed by atoms with Crippen LogP contribution in [0.3, 0.4) is 0 Å². The van der Waals surface area contributed by atoms with Crippen LogP contribution in [0.15, 0.2) is 18.2 Å². The van der Waals surface area contributed by atoms with Gasteiger partial charge in [-0.1, -0.05) is 24.1 Å². The molecule has 1 saturated carbocycles. The van der Waals surface area contributed by atoms with Gasteiger partial charge in [-0.15, -0.1) is 0 Å². The van der Waals surface area contributed by atoms with Crippen molar-refractivity contribution in [1.82, 2.24) is 5.32 Å². The van der Waals surface area contributed by atoms with Crippen LogP contribution in [-0.2, 0) is 0 Å². The molecule has 0 spiro atoms. The van der Waals surface area contributed by atoms with Crippen LogP contribution < -0.4 is 5.32 Å². The monoisotopic (exact) mass is 257 g/mol. The lowest BCUT2D eigenvalue weighted by atomic mass is 9.63. The fourth-order valence-corrected chi connectivity index (χ4v) is 2.88. The van der Waals surface area contributed by atoms with Crippen molar-refractivity contribution < 1.29 is 9.50 Å². The van der Waals surface area contributed by atoms with Gasteiger partial charge >= 0.3 is 0 Å². The molecule has 1 aliphatic rings. The molecule has 2 N–H and O–H groups in total. The third-order valence-corrected chi connectivity index (χ3v) is 4.13. The zero-order chi connectivity index (χ0) is 12.5. The molecule has 1 aromatic rings. The molecule has 2 rings (SSSR count). The molecular weight excluding hydrogens is 241 g/mol. The molecule has 1 fully saturated rings. The zero-order valence-electron chi connectivity index (χ0n) is 9.84. The number of aliphatic hydroxyl groups is 1. The summed E-state index contributed by atoms with van der Waals surface area (Å²) in [7, 11) is 1.86. The second kappa shape index (κ2) is 4.92. The van der Waals surface area contributed by atoms with Crippen molar-refractivity contribution in [3.63, 3.8) is 0 Å². The Hall–Kier alpha value is -0.640. The first-order valence-electron chi connectivity index (χ1n) is 5.86. The number of halogens is 2. The third kappa shape index (κ3) is 2.19. The van der Waals surface area contributed by atoms with Gasteiger partial charge in [0.15, 0.2) is 0 Å². The molecule has 2 nitrogen and oxygen atoms in total. The van der Waals surface area contributed by atoms with E-state index in [1.165, 1.54) is 6.07 Å². The number of hydrogen-bond donors (Lipinski definition) is 2. The molecule has 0 amide bonds. The maximum Gasteiger partial charge on any atom is 0.141 e. The van der Waals surface area contributed by atoms with E-state index < -0.39 is 5.82 Å². The summed E-state index contributed by atoms with van der Waals surface area (Å²) in [5.74, 6) is -0.406. The van der Waals surface area contributed by atoms with Crippen LogP contribution in [0.25, 0.3) is 0 Å². The van der Waals surface area contributed by atoms with E-state index in [2.05, 4.69) is 5.32 Å².